The average Bonchev–Trinajstić information content (AvgIpc) is 2.04. The largest absolute Gasteiger partial charge is 0.327 e. The van der Waals surface area contributed by atoms with Crippen molar-refractivity contribution in [2.45, 2.75) is 52.6 Å². The van der Waals surface area contributed by atoms with Gasteiger partial charge in [-0.2, -0.15) is 0 Å². The van der Waals surface area contributed by atoms with Crippen molar-refractivity contribution in [1.82, 2.24) is 0 Å². The average molecular weight is 202 g/mol. The van der Waals surface area contributed by atoms with Crippen molar-refractivity contribution >= 4 is 8.69 Å². The maximum absolute atomic E-state index is 10.2. The molecule has 0 aromatic heterocycles. The summed E-state index contributed by atoms with van der Waals surface area (Å²) in [7, 11) is -0.158. The van der Waals surface area contributed by atoms with E-state index >= 15 is 0 Å². The van der Waals surface area contributed by atoms with Crippen LogP contribution in [0.1, 0.15) is 46.5 Å². The molecule has 76 valence electrons. The Labute approximate surface area is 82.3 Å². The summed E-state index contributed by atoms with van der Waals surface area (Å²) >= 11 is 0. The summed E-state index contributed by atoms with van der Waals surface area (Å²) in [6.07, 6.45) is 4.79. The fourth-order valence-corrected chi connectivity index (χ4v) is 2.43. The summed E-state index contributed by atoms with van der Waals surface area (Å²) in [5.41, 5.74) is 0.417. The van der Waals surface area contributed by atoms with Crippen LogP contribution in [0.5, 0.6) is 0 Å². The van der Waals surface area contributed by atoms with Gasteiger partial charge in [-0.1, -0.05) is 20.8 Å². The smallest absolute Gasteiger partial charge is 0.291 e. The van der Waals surface area contributed by atoms with Gasteiger partial charge in [0.2, 0.25) is 0 Å². The van der Waals surface area contributed by atoms with Crippen molar-refractivity contribution in [1.29, 1.82) is 0 Å². The zero-order valence-corrected chi connectivity index (χ0v) is 9.64. The van der Waals surface area contributed by atoms with Crippen LogP contribution in [-0.4, -0.2) is 6.10 Å². The lowest BCUT2D eigenvalue weighted by Gasteiger charge is -2.35. The van der Waals surface area contributed by atoms with Gasteiger partial charge in [-0.15, -0.1) is 0 Å². The minimum Gasteiger partial charge on any atom is -0.291 e. The van der Waals surface area contributed by atoms with Crippen LogP contribution >= 0.6 is 8.69 Å². The molecule has 1 fully saturated rings. The Morgan fingerprint density at radius 2 is 1.69 bits per heavy atom. The highest BCUT2D eigenvalue weighted by Gasteiger charge is 2.29. The predicted octanol–water partition coefficient (Wildman–Crippen LogP) is 3.81. The second kappa shape index (κ2) is 4.52. The fraction of sp³-hybridized carbons (Fsp3) is 1.00. The normalized spacial score (nSPS) is 30.7. The van der Waals surface area contributed by atoms with E-state index in [0.717, 1.165) is 18.8 Å². The molecule has 0 aliphatic heterocycles. The van der Waals surface area contributed by atoms with Crippen LogP contribution in [0.3, 0.4) is 0 Å². The van der Waals surface area contributed by atoms with E-state index in [4.69, 9.17) is 4.52 Å². The highest BCUT2D eigenvalue weighted by molar-refractivity contribution is 7.17. The second-order valence-corrected chi connectivity index (χ2v) is 5.38. The van der Waals surface area contributed by atoms with Crippen molar-refractivity contribution < 1.29 is 9.09 Å². The van der Waals surface area contributed by atoms with E-state index in [9.17, 15) is 4.57 Å². The second-order valence-electron chi connectivity index (χ2n) is 5.02. The van der Waals surface area contributed by atoms with Crippen LogP contribution in [0.2, 0.25) is 0 Å². The molecule has 0 aromatic rings. The van der Waals surface area contributed by atoms with Gasteiger partial charge in [0, 0.05) is 0 Å². The van der Waals surface area contributed by atoms with Crippen LogP contribution in [0, 0.1) is 11.3 Å². The van der Waals surface area contributed by atoms with Crippen LogP contribution in [0.4, 0.5) is 0 Å². The zero-order valence-electron chi connectivity index (χ0n) is 8.75. The number of hydrogen-bond donors (Lipinski definition) is 0. The van der Waals surface area contributed by atoms with E-state index in [0.29, 0.717) is 5.41 Å². The summed E-state index contributed by atoms with van der Waals surface area (Å²) in [6.45, 7) is 6.89. The molecule has 1 saturated carbocycles. The third-order valence-corrected chi connectivity index (χ3v) is 3.48. The first-order chi connectivity index (χ1) is 6.04. The molecule has 2 nitrogen and oxygen atoms in total. The van der Waals surface area contributed by atoms with Crippen molar-refractivity contribution in [2.75, 3.05) is 0 Å². The lowest BCUT2D eigenvalue weighted by Crippen LogP contribution is -2.27. The molecule has 13 heavy (non-hydrogen) atoms. The molecule has 0 amide bonds. The van der Waals surface area contributed by atoms with Gasteiger partial charge in [-0.3, -0.25) is 4.52 Å². The molecule has 1 aliphatic rings. The number of hydrogen-bond acceptors (Lipinski definition) is 2. The molecule has 0 unspecified atom stereocenters. The monoisotopic (exact) mass is 202 g/mol. The summed E-state index contributed by atoms with van der Waals surface area (Å²) in [4.78, 5) is 0. The Morgan fingerprint density at radius 3 is 2.08 bits per heavy atom. The minimum atomic E-state index is -0.158. The third kappa shape index (κ3) is 3.36. The molecule has 0 saturated heterocycles. The zero-order chi connectivity index (χ0) is 9.90. The first kappa shape index (κ1) is 11.1. The molecule has 3 heteroatoms. The van der Waals surface area contributed by atoms with E-state index in [1.165, 1.54) is 12.8 Å². The number of rotatable bonds is 2. The lowest BCUT2D eigenvalue weighted by molar-refractivity contribution is 0.0967. The highest BCUT2D eigenvalue weighted by Crippen LogP contribution is 2.38. The Bertz CT molecular complexity index is 166. The maximum Gasteiger partial charge on any atom is 0.327 e. The Balaban J connectivity index is 2.34. The van der Waals surface area contributed by atoms with Gasteiger partial charge in [-0.25, -0.2) is 4.57 Å². The molecular weight excluding hydrogens is 183 g/mol. The molecule has 1 aliphatic carbocycles. The Hall–Kier alpha value is 0.0600. The van der Waals surface area contributed by atoms with Gasteiger partial charge in [0.25, 0.3) is 0 Å². The lowest BCUT2D eigenvalue weighted by atomic mass is 9.72. The summed E-state index contributed by atoms with van der Waals surface area (Å²) in [6, 6.07) is 0. The van der Waals surface area contributed by atoms with Crippen LogP contribution in [-0.2, 0) is 9.09 Å². The van der Waals surface area contributed by atoms with E-state index in [1.807, 2.05) is 0 Å². The molecule has 0 heterocycles. The van der Waals surface area contributed by atoms with Gasteiger partial charge >= 0.3 is 8.69 Å². The molecule has 0 atom stereocenters. The Kier molecular flexibility index (Phi) is 3.87. The third-order valence-electron chi connectivity index (χ3n) is 3.09. The first-order valence-electron chi connectivity index (χ1n) is 5.02. The molecule has 0 spiro atoms. The van der Waals surface area contributed by atoms with Crippen molar-refractivity contribution in [3.05, 3.63) is 0 Å². The maximum atomic E-state index is 10.2. The van der Waals surface area contributed by atoms with E-state index in [1.54, 1.807) is 0 Å². The Morgan fingerprint density at radius 1 is 1.15 bits per heavy atom. The van der Waals surface area contributed by atoms with E-state index < -0.39 is 0 Å². The fourth-order valence-electron chi connectivity index (χ4n) is 2.10. The van der Waals surface area contributed by atoms with E-state index in [-0.39, 0.29) is 14.8 Å². The van der Waals surface area contributed by atoms with Gasteiger partial charge in [-0.05, 0) is 37.0 Å². The molecule has 0 radical (unpaired) electrons. The van der Waals surface area contributed by atoms with Gasteiger partial charge in [0.05, 0.1) is 6.10 Å². The molecule has 0 aromatic carbocycles. The summed E-state index contributed by atoms with van der Waals surface area (Å²) in [5, 5.41) is 0. The predicted molar refractivity (Wildman–Crippen MR) is 53.9 cm³/mol. The van der Waals surface area contributed by atoms with Gasteiger partial charge < -0.3 is 0 Å². The summed E-state index contributed by atoms with van der Waals surface area (Å²) in [5.74, 6) is 0.802. The SMILES string of the molecule is CC(C)(C)C1CCC(OP=O)CC1. The standard InChI is InChI=1S/C10H19O2P/c1-10(2,3)8-4-6-9(7-5-8)12-13-11/h8-9H,4-7H2,1-3H3. The molecule has 1 rings (SSSR count). The summed E-state index contributed by atoms with van der Waals surface area (Å²) < 4.78 is 15.3. The van der Waals surface area contributed by atoms with Crippen molar-refractivity contribution in [3.63, 3.8) is 0 Å². The molecule has 0 bridgehead atoms. The van der Waals surface area contributed by atoms with Crippen LogP contribution < -0.4 is 0 Å². The minimum absolute atomic E-state index is 0.158. The van der Waals surface area contributed by atoms with E-state index in [2.05, 4.69) is 20.8 Å². The molecule has 0 N–H and O–H groups in total. The van der Waals surface area contributed by atoms with Crippen molar-refractivity contribution in [2.24, 2.45) is 11.3 Å². The topological polar surface area (TPSA) is 26.3 Å². The molecular formula is C10H19O2P. The quantitative estimate of drug-likeness (QED) is 0.636. The van der Waals surface area contributed by atoms with Crippen LogP contribution in [0.25, 0.3) is 0 Å². The van der Waals surface area contributed by atoms with Crippen molar-refractivity contribution in [3.8, 4) is 0 Å². The highest BCUT2D eigenvalue weighted by atomic mass is 31.1. The van der Waals surface area contributed by atoms with Gasteiger partial charge in [0.15, 0.2) is 0 Å². The van der Waals surface area contributed by atoms with Crippen LogP contribution in [0.15, 0.2) is 0 Å². The first-order valence-corrected chi connectivity index (χ1v) is 5.75. The van der Waals surface area contributed by atoms with Gasteiger partial charge in [0.1, 0.15) is 0 Å².